The summed E-state index contributed by atoms with van der Waals surface area (Å²) in [6.45, 7) is 0.754. The minimum atomic E-state index is -0.817. The summed E-state index contributed by atoms with van der Waals surface area (Å²) in [5, 5.41) is 0.548. The van der Waals surface area contributed by atoms with Crippen molar-refractivity contribution >= 4 is 17.7 Å². The number of methoxy groups -OCH3 is 1. The molecule has 0 radical (unpaired) electrons. The van der Waals surface area contributed by atoms with E-state index in [1.165, 1.54) is 0 Å². The maximum absolute atomic E-state index is 10.9. The maximum Gasteiger partial charge on any atom is 0.405 e. The van der Waals surface area contributed by atoms with E-state index in [0.717, 1.165) is 5.56 Å². The van der Waals surface area contributed by atoms with E-state index >= 15 is 0 Å². The summed E-state index contributed by atoms with van der Waals surface area (Å²) in [5.41, 5.74) is 5.82. The molecule has 0 aliphatic heterocycles. The quantitative estimate of drug-likeness (QED) is 0.589. The first kappa shape index (κ1) is 15.8. The van der Waals surface area contributed by atoms with Crippen LogP contribution in [0.4, 0.5) is 4.79 Å². The topological polar surface area (TPSA) is 70.8 Å². The van der Waals surface area contributed by atoms with Crippen molar-refractivity contribution in [1.29, 1.82) is 0 Å². The Hall–Kier alpha value is -1.30. The number of primary amides is 1. The monoisotopic (exact) mass is 287 g/mol. The third-order valence-electron chi connectivity index (χ3n) is 2.47. The van der Waals surface area contributed by atoms with Crippen LogP contribution in [-0.4, -0.2) is 26.6 Å². The van der Waals surface area contributed by atoms with Crippen LogP contribution in [-0.2, 0) is 14.2 Å². The SMILES string of the molecule is COCOCCC[C@@H](OC(N)=O)c1ccccc1Cl. The normalized spacial score (nSPS) is 12.1. The molecule has 1 aromatic rings. The van der Waals surface area contributed by atoms with Crippen LogP contribution >= 0.6 is 11.6 Å². The van der Waals surface area contributed by atoms with E-state index in [4.69, 9.17) is 31.5 Å². The van der Waals surface area contributed by atoms with Gasteiger partial charge in [-0.25, -0.2) is 4.79 Å². The van der Waals surface area contributed by atoms with Crippen LogP contribution in [0.2, 0.25) is 5.02 Å². The Bertz CT molecular complexity index is 400. The summed E-state index contributed by atoms with van der Waals surface area (Å²) in [4.78, 5) is 10.9. The fourth-order valence-electron chi connectivity index (χ4n) is 1.67. The first-order valence-electron chi connectivity index (χ1n) is 5.92. The number of rotatable bonds is 8. The number of nitrogens with two attached hydrogens (primary N) is 1. The highest BCUT2D eigenvalue weighted by Crippen LogP contribution is 2.29. The van der Waals surface area contributed by atoms with Crippen molar-refractivity contribution < 1.29 is 19.0 Å². The predicted molar refractivity (Wildman–Crippen MR) is 71.9 cm³/mol. The second kappa shape index (κ2) is 8.74. The van der Waals surface area contributed by atoms with E-state index in [1.54, 1.807) is 13.2 Å². The van der Waals surface area contributed by atoms with Crippen molar-refractivity contribution in [3.63, 3.8) is 0 Å². The van der Waals surface area contributed by atoms with Gasteiger partial charge in [-0.2, -0.15) is 0 Å². The second-order valence-corrected chi connectivity index (χ2v) is 4.31. The molecule has 0 bridgehead atoms. The van der Waals surface area contributed by atoms with Crippen molar-refractivity contribution in [2.75, 3.05) is 20.5 Å². The van der Waals surface area contributed by atoms with Gasteiger partial charge in [0, 0.05) is 24.3 Å². The summed E-state index contributed by atoms with van der Waals surface area (Å²) in [5.74, 6) is 0. The van der Waals surface area contributed by atoms with E-state index < -0.39 is 12.2 Å². The highest BCUT2D eigenvalue weighted by molar-refractivity contribution is 6.31. The molecule has 106 valence electrons. The number of amides is 1. The Morgan fingerprint density at radius 1 is 1.42 bits per heavy atom. The van der Waals surface area contributed by atoms with Crippen LogP contribution in [0.25, 0.3) is 0 Å². The molecule has 19 heavy (non-hydrogen) atoms. The van der Waals surface area contributed by atoms with Gasteiger partial charge in [0.1, 0.15) is 12.9 Å². The van der Waals surface area contributed by atoms with Gasteiger partial charge >= 0.3 is 6.09 Å². The first-order valence-corrected chi connectivity index (χ1v) is 6.30. The summed E-state index contributed by atoms with van der Waals surface area (Å²) in [6.07, 6.45) is 0.00296. The third kappa shape index (κ3) is 5.92. The van der Waals surface area contributed by atoms with Crippen molar-refractivity contribution in [2.24, 2.45) is 5.73 Å². The molecule has 0 saturated heterocycles. The fraction of sp³-hybridized carbons (Fsp3) is 0.462. The number of hydrogen-bond acceptors (Lipinski definition) is 4. The van der Waals surface area contributed by atoms with Crippen LogP contribution < -0.4 is 5.73 Å². The van der Waals surface area contributed by atoms with Crippen LogP contribution in [0.3, 0.4) is 0 Å². The standard InChI is InChI=1S/C13H18ClNO4/c1-17-9-18-8-4-7-12(19-13(15)16)10-5-2-3-6-11(10)14/h2-3,5-6,12H,4,7-9H2,1H3,(H2,15,16)/t12-/m1/s1. The van der Waals surface area contributed by atoms with Crippen molar-refractivity contribution in [1.82, 2.24) is 0 Å². The number of carbonyl (C=O) groups excluding carboxylic acids is 1. The van der Waals surface area contributed by atoms with Crippen LogP contribution in [0.5, 0.6) is 0 Å². The van der Waals surface area contributed by atoms with E-state index in [9.17, 15) is 4.79 Å². The Labute approximate surface area is 117 Å². The Morgan fingerprint density at radius 2 is 2.16 bits per heavy atom. The molecule has 1 aromatic carbocycles. The van der Waals surface area contributed by atoms with Gasteiger partial charge in [0.15, 0.2) is 0 Å². The van der Waals surface area contributed by atoms with Gasteiger partial charge in [0.05, 0.1) is 0 Å². The number of ether oxygens (including phenoxy) is 3. The molecule has 0 heterocycles. The number of carbonyl (C=O) groups is 1. The second-order valence-electron chi connectivity index (χ2n) is 3.90. The van der Waals surface area contributed by atoms with Gasteiger partial charge in [-0.1, -0.05) is 29.8 Å². The molecule has 1 rings (SSSR count). The van der Waals surface area contributed by atoms with Gasteiger partial charge in [-0.05, 0) is 18.9 Å². The smallest absolute Gasteiger partial charge is 0.405 e. The number of hydrogen-bond donors (Lipinski definition) is 1. The van der Waals surface area contributed by atoms with Gasteiger partial charge in [0.25, 0.3) is 0 Å². The minimum absolute atomic E-state index is 0.243. The minimum Gasteiger partial charge on any atom is -0.441 e. The molecule has 6 heteroatoms. The molecule has 0 aliphatic rings. The molecule has 0 saturated carbocycles. The first-order chi connectivity index (χ1) is 9.15. The zero-order valence-corrected chi connectivity index (χ0v) is 11.6. The Balaban J connectivity index is 2.57. The van der Waals surface area contributed by atoms with Gasteiger partial charge in [0.2, 0.25) is 0 Å². The lowest BCUT2D eigenvalue weighted by atomic mass is 10.0. The Kier molecular flexibility index (Phi) is 7.25. The Morgan fingerprint density at radius 3 is 2.79 bits per heavy atom. The highest BCUT2D eigenvalue weighted by Gasteiger charge is 2.17. The molecule has 0 spiro atoms. The molecule has 0 aliphatic carbocycles. The van der Waals surface area contributed by atoms with E-state index in [2.05, 4.69) is 0 Å². The van der Waals surface area contributed by atoms with Crippen molar-refractivity contribution in [3.8, 4) is 0 Å². The highest BCUT2D eigenvalue weighted by atomic mass is 35.5. The van der Waals surface area contributed by atoms with Gasteiger partial charge in [-0.15, -0.1) is 0 Å². The lowest BCUT2D eigenvalue weighted by Crippen LogP contribution is -2.18. The van der Waals surface area contributed by atoms with Crippen LogP contribution in [0.1, 0.15) is 24.5 Å². The summed E-state index contributed by atoms with van der Waals surface area (Å²) >= 11 is 6.08. The maximum atomic E-state index is 10.9. The van der Waals surface area contributed by atoms with Gasteiger partial charge in [-0.3, -0.25) is 0 Å². The number of halogens is 1. The van der Waals surface area contributed by atoms with E-state index in [-0.39, 0.29) is 6.79 Å². The summed E-state index contributed by atoms with van der Waals surface area (Å²) in [7, 11) is 1.56. The molecule has 1 atom stereocenters. The van der Waals surface area contributed by atoms with Crippen LogP contribution in [0.15, 0.2) is 24.3 Å². The molecular weight excluding hydrogens is 270 g/mol. The van der Waals surface area contributed by atoms with Gasteiger partial charge < -0.3 is 19.9 Å². The van der Waals surface area contributed by atoms with Crippen molar-refractivity contribution in [3.05, 3.63) is 34.9 Å². The average molecular weight is 288 g/mol. The zero-order chi connectivity index (χ0) is 14.1. The fourth-order valence-corrected chi connectivity index (χ4v) is 1.92. The molecule has 5 nitrogen and oxygen atoms in total. The van der Waals surface area contributed by atoms with Crippen LogP contribution in [0, 0.1) is 0 Å². The number of benzene rings is 1. The summed E-state index contributed by atoms with van der Waals surface area (Å²) in [6, 6.07) is 7.20. The molecule has 1 amide bonds. The predicted octanol–water partition coefficient (Wildman–Crippen LogP) is 2.88. The summed E-state index contributed by atoms with van der Waals surface area (Å²) < 4.78 is 15.0. The lowest BCUT2D eigenvalue weighted by Gasteiger charge is -2.18. The molecule has 0 aromatic heterocycles. The van der Waals surface area contributed by atoms with E-state index in [0.29, 0.717) is 24.5 Å². The average Bonchev–Trinajstić information content (AvgIpc) is 2.37. The van der Waals surface area contributed by atoms with Crippen molar-refractivity contribution in [2.45, 2.75) is 18.9 Å². The lowest BCUT2D eigenvalue weighted by molar-refractivity contribution is -0.0340. The largest absolute Gasteiger partial charge is 0.441 e. The zero-order valence-electron chi connectivity index (χ0n) is 10.8. The molecule has 2 N–H and O–H groups in total. The van der Waals surface area contributed by atoms with E-state index in [1.807, 2.05) is 18.2 Å². The third-order valence-corrected chi connectivity index (χ3v) is 2.81. The molecular formula is C13H18ClNO4. The molecule has 0 fully saturated rings. The molecule has 0 unspecified atom stereocenters.